The summed E-state index contributed by atoms with van der Waals surface area (Å²) in [5.74, 6) is 5.32. The van der Waals surface area contributed by atoms with Crippen LogP contribution in [0.2, 0.25) is 0 Å². The van der Waals surface area contributed by atoms with Crippen molar-refractivity contribution in [1.82, 2.24) is 10.0 Å². The van der Waals surface area contributed by atoms with Crippen molar-refractivity contribution < 1.29 is 39.5 Å². The van der Waals surface area contributed by atoms with Gasteiger partial charge in [0.2, 0.25) is 5.96 Å². The summed E-state index contributed by atoms with van der Waals surface area (Å²) in [6.45, 7) is -1.01. The zero-order valence-electron chi connectivity index (χ0n) is 22.9. The Morgan fingerprint density at radius 2 is 1.40 bits per heavy atom. The fourth-order valence-electron chi connectivity index (χ4n) is 5.19. The maximum atomic E-state index is 13.8. The van der Waals surface area contributed by atoms with Gasteiger partial charge in [-0.3, -0.25) is 0 Å². The Kier molecular flexibility index (Phi) is 10.6. The van der Waals surface area contributed by atoms with Crippen LogP contribution in [0, 0.1) is 5.92 Å². The summed E-state index contributed by atoms with van der Waals surface area (Å²) in [4.78, 5) is 1.11. The third kappa shape index (κ3) is 8.85. The second kappa shape index (κ2) is 13.2. The molecule has 42 heavy (non-hydrogen) atoms. The molecule has 15 heteroatoms. The van der Waals surface area contributed by atoms with Crippen LogP contribution in [0.1, 0.15) is 70.7 Å². The van der Waals surface area contributed by atoms with Gasteiger partial charge in [0, 0.05) is 25.4 Å². The van der Waals surface area contributed by atoms with E-state index in [9.17, 15) is 39.5 Å². The lowest BCUT2D eigenvalue weighted by Gasteiger charge is -2.32. The van der Waals surface area contributed by atoms with Gasteiger partial charge in [-0.25, -0.2) is 11.0 Å². The Morgan fingerprint density at radius 1 is 0.857 bits per heavy atom. The molecule has 4 N–H and O–H groups in total. The zero-order chi connectivity index (χ0) is 31.5. The van der Waals surface area contributed by atoms with E-state index in [1.165, 1.54) is 24.9 Å². The van der Waals surface area contributed by atoms with Crippen molar-refractivity contribution in [3.05, 3.63) is 69.8 Å². The van der Waals surface area contributed by atoms with Gasteiger partial charge in [0.05, 0.1) is 16.7 Å². The lowest BCUT2D eigenvalue weighted by atomic mass is 9.83. The van der Waals surface area contributed by atoms with Crippen LogP contribution in [-0.2, 0) is 31.6 Å². The Balaban J connectivity index is 2.14. The van der Waals surface area contributed by atoms with Crippen LogP contribution in [0.3, 0.4) is 0 Å². The fourth-order valence-corrected chi connectivity index (χ4v) is 6.33. The van der Waals surface area contributed by atoms with E-state index >= 15 is 0 Å². The molecule has 1 aliphatic carbocycles. The SMILES string of the molecule is CSC(c1ccc(C(F)(F)F)cc1CN(Cc1cc(C(F)(F)F)cc(C(F)(F)F)c1)/C(N)=N/N(C)N)C1CCCCC1. The van der Waals surface area contributed by atoms with Crippen molar-refractivity contribution >= 4 is 17.7 Å². The second-order valence-electron chi connectivity index (χ2n) is 10.3. The number of halogens is 9. The van der Waals surface area contributed by atoms with Crippen molar-refractivity contribution in [3.8, 4) is 0 Å². The number of hydrogen-bond acceptors (Lipinski definition) is 4. The van der Waals surface area contributed by atoms with Gasteiger partial charge in [-0.1, -0.05) is 25.3 Å². The van der Waals surface area contributed by atoms with E-state index < -0.39 is 53.3 Å². The van der Waals surface area contributed by atoms with Gasteiger partial charge in [0.25, 0.3) is 0 Å². The van der Waals surface area contributed by atoms with Crippen LogP contribution < -0.4 is 11.6 Å². The standard InChI is InChI=1S/C27H32F9N5S/c1-40(38)39-24(37)41(14-16-10-20(26(31,32)33)13-21(11-16)27(34,35)36)15-18-12-19(25(28,29)30)8-9-22(18)23(42-2)17-6-4-3-5-7-17/h8-13,17,23H,3-7,14-15,38H2,1-2H3,(H2,37,39). The van der Waals surface area contributed by atoms with Crippen LogP contribution in [0.15, 0.2) is 41.5 Å². The second-order valence-corrected chi connectivity index (χ2v) is 11.2. The van der Waals surface area contributed by atoms with E-state index in [0.29, 0.717) is 17.7 Å². The third-order valence-corrected chi connectivity index (χ3v) is 8.22. The number of alkyl halides is 9. The molecule has 234 valence electrons. The molecule has 1 fully saturated rings. The first-order valence-corrected chi connectivity index (χ1v) is 14.3. The smallest absolute Gasteiger partial charge is 0.368 e. The summed E-state index contributed by atoms with van der Waals surface area (Å²) in [6.07, 6.45) is -8.26. The van der Waals surface area contributed by atoms with Crippen molar-refractivity contribution in [2.75, 3.05) is 13.3 Å². The van der Waals surface area contributed by atoms with E-state index in [1.54, 1.807) is 0 Å². The molecule has 0 heterocycles. The fraction of sp³-hybridized carbons (Fsp3) is 0.519. The maximum absolute atomic E-state index is 13.8. The van der Waals surface area contributed by atoms with Gasteiger partial charge in [-0.05, 0) is 72.0 Å². The number of thioether (sulfide) groups is 1. The molecular formula is C27H32F9N5S. The minimum absolute atomic E-state index is 0.00288. The number of nitrogens with zero attached hydrogens (tertiary/aromatic N) is 3. The molecule has 0 saturated heterocycles. The summed E-state index contributed by atoms with van der Waals surface area (Å²) >= 11 is 1.48. The van der Waals surface area contributed by atoms with E-state index in [1.807, 2.05) is 6.26 Å². The van der Waals surface area contributed by atoms with Gasteiger partial charge in [-0.2, -0.15) is 51.3 Å². The van der Waals surface area contributed by atoms with Crippen LogP contribution in [0.4, 0.5) is 39.5 Å². The number of benzene rings is 2. The molecule has 3 rings (SSSR count). The van der Waals surface area contributed by atoms with E-state index in [2.05, 4.69) is 5.10 Å². The van der Waals surface area contributed by atoms with Gasteiger partial charge in [0.15, 0.2) is 0 Å². The third-order valence-electron chi connectivity index (χ3n) is 7.08. The molecule has 0 aliphatic heterocycles. The highest BCUT2D eigenvalue weighted by molar-refractivity contribution is 7.98. The first-order valence-electron chi connectivity index (χ1n) is 13.0. The Bertz CT molecular complexity index is 1200. The molecule has 0 radical (unpaired) electrons. The van der Waals surface area contributed by atoms with Crippen molar-refractivity contribution in [3.63, 3.8) is 0 Å². The van der Waals surface area contributed by atoms with Gasteiger partial charge < -0.3 is 10.6 Å². The number of hydrazone groups is 1. The Morgan fingerprint density at radius 3 is 1.88 bits per heavy atom. The summed E-state index contributed by atoms with van der Waals surface area (Å²) < 4.78 is 122. The molecule has 1 aliphatic rings. The molecule has 1 saturated carbocycles. The topological polar surface area (TPSA) is 70.9 Å². The highest BCUT2D eigenvalue weighted by atomic mass is 32.2. The summed E-state index contributed by atoms with van der Waals surface area (Å²) in [6, 6.07) is 4.39. The van der Waals surface area contributed by atoms with Gasteiger partial charge in [0.1, 0.15) is 0 Å². The number of nitrogens with two attached hydrogens (primary N) is 2. The molecule has 2 aromatic carbocycles. The lowest BCUT2D eigenvalue weighted by Crippen LogP contribution is -2.39. The van der Waals surface area contributed by atoms with Crippen molar-refractivity contribution in [2.45, 2.75) is 69.0 Å². The number of rotatable bonds is 8. The molecule has 2 aromatic rings. The largest absolute Gasteiger partial charge is 0.416 e. The zero-order valence-corrected chi connectivity index (χ0v) is 23.7. The average Bonchev–Trinajstić information content (AvgIpc) is 2.88. The minimum Gasteiger partial charge on any atom is -0.368 e. The van der Waals surface area contributed by atoms with Gasteiger partial charge >= 0.3 is 18.5 Å². The predicted octanol–water partition coefficient (Wildman–Crippen LogP) is 7.76. The first-order chi connectivity index (χ1) is 19.4. The van der Waals surface area contributed by atoms with E-state index in [0.717, 1.165) is 54.3 Å². The lowest BCUT2D eigenvalue weighted by molar-refractivity contribution is -0.143. The highest BCUT2D eigenvalue weighted by Gasteiger charge is 2.37. The van der Waals surface area contributed by atoms with Crippen LogP contribution in [-0.4, -0.2) is 29.3 Å². The van der Waals surface area contributed by atoms with Gasteiger partial charge in [-0.15, -0.1) is 5.10 Å². The number of hydrazine groups is 1. The van der Waals surface area contributed by atoms with Crippen LogP contribution >= 0.6 is 11.8 Å². The molecule has 5 nitrogen and oxygen atoms in total. The molecule has 1 unspecified atom stereocenters. The van der Waals surface area contributed by atoms with Crippen LogP contribution in [0.25, 0.3) is 0 Å². The quantitative estimate of drug-likeness (QED) is 0.103. The Hall–Kier alpha value is -2.81. The molecule has 0 aromatic heterocycles. The monoisotopic (exact) mass is 629 g/mol. The molecule has 1 atom stereocenters. The molecule has 0 bridgehead atoms. The number of hydrogen-bond donors (Lipinski definition) is 2. The van der Waals surface area contributed by atoms with Crippen LogP contribution in [0.5, 0.6) is 0 Å². The first kappa shape index (κ1) is 33.7. The summed E-state index contributed by atoms with van der Waals surface area (Å²) in [7, 11) is 1.28. The van der Waals surface area contributed by atoms with E-state index in [4.69, 9.17) is 11.6 Å². The minimum atomic E-state index is -5.09. The maximum Gasteiger partial charge on any atom is 0.416 e. The van der Waals surface area contributed by atoms with Crippen molar-refractivity contribution in [1.29, 1.82) is 0 Å². The molecular weight excluding hydrogens is 597 g/mol. The van der Waals surface area contributed by atoms with Crippen molar-refractivity contribution in [2.24, 2.45) is 22.6 Å². The highest BCUT2D eigenvalue weighted by Crippen LogP contribution is 2.45. The predicted molar refractivity (Wildman–Crippen MR) is 144 cm³/mol. The molecule has 0 spiro atoms. The normalized spacial score (nSPS) is 16.4. The molecule has 0 amide bonds. The summed E-state index contributed by atoms with van der Waals surface area (Å²) in [5.41, 5.74) is 2.40. The van der Waals surface area contributed by atoms with E-state index in [-0.39, 0.29) is 29.3 Å². The Labute approximate surface area is 242 Å². The summed E-state index contributed by atoms with van der Waals surface area (Å²) in [5, 5.41) is 4.41. The average molecular weight is 630 g/mol. The number of guanidine groups is 1.